The van der Waals surface area contributed by atoms with Gasteiger partial charge in [0, 0.05) is 6.92 Å². The molecule has 0 amide bonds. The fraction of sp³-hybridized carbons (Fsp3) is 0.333. The molecule has 0 spiro atoms. The average Bonchev–Trinajstić information content (AvgIpc) is 1.97. The molecule has 0 heterocycles. The molecule has 1 aliphatic carbocycles. The minimum absolute atomic E-state index is 0.158. The van der Waals surface area contributed by atoms with Crippen LogP contribution in [0.25, 0.3) is 0 Å². The molecule has 1 aliphatic rings. The van der Waals surface area contributed by atoms with Gasteiger partial charge in [-0.05, 0) is 50.9 Å². The number of ketones is 1. The van der Waals surface area contributed by atoms with Crippen LogP contribution in [-0.4, -0.2) is 17.4 Å². The zero-order valence-corrected chi connectivity index (χ0v) is 10.8. The maximum atomic E-state index is 11.3. The Balaban J connectivity index is 3.02. The lowest BCUT2D eigenvalue weighted by atomic mass is 10.00. The first-order valence-electron chi connectivity index (χ1n) is 3.85. The van der Waals surface area contributed by atoms with Crippen molar-refractivity contribution in [1.82, 2.24) is 0 Å². The van der Waals surface area contributed by atoms with Crippen molar-refractivity contribution in [2.24, 2.45) is 0 Å². The molecule has 0 radical (unpaired) electrons. The van der Waals surface area contributed by atoms with Gasteiger partial charge >= 0.3 is 5.97 Å². The van der Waals surface area contributed by atoms with Gasteiger partial charge in [-0.25, -0.2) is 0 Å². The lowest BCUT2D eigenvalue weighted by molar-refractivity contribution is -0.148. The van der Waals surface area contributed by atoms with Gasteiger partial charge in [-0.15, -0.1) is 0 Å². The highest BCUT2D eigenvalue weighted by Gasteiger charge is 2.30. The summed E-state index contributed by atoms with van der Waals surface area (Å²) in [6.07, 6.45) is 3.11. The van der Waals surface area contributed by atoms with Crippen LogP contribution in [0.2, 0.25) is 0 Å². The van der Waals surface area contributed by atoms with E-state index in [1.807, 2.05) is 0 Å². The molecular formula is C9H8Br2O3. The summed E-state index contributed by atoms with van der Waals surface area (Å²) in [5.74, 6) is -0.551. The summed E-state index contributed by atoms with van der Waals surface area (Å²) < 4.78 is 5.83. The molecule has 0 saturated carbocycles. The van der Waals surface area contributed by atoms with Crippen LogP contribution in [0.15, 0.2) is 21.1 Å². The molecule has 0 aromatic carbocycles. The van der Waals surface area contributed by atoms with Crippen LogP contribution in [0.4, 0.5) is 0 Å². The van der Waals surface area contributed by atoms with Crippen molar-refractivity contribution < 1.29 is 14.3 Å². The molecule has 0 atom stereocenters. The lowest BCUT2D eigenvalue weighted by Gasteiger charge is -2.25. The first kappa shape index (κ1) is 11.7. The summed E-state index contributed by atoms with van der Waals surface area (Å²) in [4.78, 5) is 22.1. The zero-order valence-electron chi connectivity index (χ0n) is 7.64. The number of carbonyl (C=O) groups excluding carboxylic acids is 2. The third kappa shape index (κ3) is 2.54. The highest BCUT2D eigenvalue weighted by molar-refractivity contribution is 9.13. The van der Waals surface area contributed by atoms with Crippen LogP contribution in [-0.2, 0) is 14.3 Å². The maximum Gasteiger partial charge on any atom is 0.303 e. The normalized spacial score (nSPS) is 19.9. The minimum atomic E-state index is -0.864. The van der Waals surface area contributed by atoms with Crippen molar-refractivity contribution in [1.29, 1.82) is 0 Å². The third-order valence-corrected chi connectivity index (χ3v) is 2.80. The van der Waals surface area contributed by atoms with Crippen LogP contribution in [0.3, 0.4) is 0 Å². The van der Waals surface area contributed by atoms with Crippen LogP contribution in [0.5, 0.6) is 0 Å². The molecule has 0 unspecified atom stereocenters. The SMILES string of the molecule is CC(=O)OC1(C)C=C(Br)C(=O)C(Br)=C1. The van der Waals surface area contributed by atoms with Crippen molar-refractivity contribution in [3.8, 4) is 0 Å². The predicted molar refractivity (Wildman–Crippen MR) is 59.2 cm³/mol. The maximum absolute atomic E-state index is 11.3. The number of hydrogen-bond donors (Lipinski definition) is 0. The second kappa shape index (κ2) is 3.98. The van der Waals surface area contributed by atoms with Crippen molar-refractivity contribution in [2.45, 2.75) is 19.4 Å². The number of allylic oxidation sites excluding steroid dienone is 2. The molecule has 5 heteroatoms. The summed E-state index contributed by atoms with van der Waals surface area (Å²) in [6.45, 7) is 3.02. The second-order valence-corrected chi connectivity index (χ2v) is 4.80. The van der Waals surface area contributed by atoms with E-state index in [9.17, 15) is 9.59 Å². The number of carbonyl (C=O) groups is 2. The quantitative estimate of drug-likeness (QED) is 0.696. The van der Waals surface area contributed by atoms with Gasteiger partial charge in [0.15, 0.2) is 0 Å². The van der Waals surface area contributed by atoms with Crippen LogP contribution < -0.4 is 0 Å². The lowest BCUT2D eigenvalue weighted by Crippen LogP contribution is -2.30. The Morgan fingerprint density at radius 3 is 2.14 bits per heavy atom. The van der Waals surface area contributed by atoms with E-state index in [0.29, 0.717) is 8.96 Å². The Kier molecular flexibility index (Phi) is 3.32. The summed E-state index contributed by atoms with van der Waals surface area (Å²) in [6, 6.07) is 0. The van der Waals surface area contributed by atoms with E-state index in [1.165, 1.54) is 6.92 Å². The zero-order chi connectivity index (χ0) is 10.9. The average molecular weight is 324 g/mol. The van der Waals surface area contributed by atoms with Gasteiger partial charge in [-0.2, -0.15) is 0 Å². The fourth-order valence-electron chi connectivity index (χ4n) is 1.16. The van der Waals surface area contributed by atoms with Crippen LogP contribution in [0.1, 0.15) is 13.8 Å². The van der Waals surface area contributed by atoms with Crippen LogP contribution in [0, 0.1) is 0 Å². The van der Waals surface area contributed by atoms with E-state index in [4.69, 9.17) is 4.74 Å². The Hall–Kier alpha value is -0.420. The number of hydrogen-bond acceptors (Lipinski definition) is 3. The van der Waals surface area contributed by atoms with E-state index in [0.717, 1.165) is 0 Å². The highest BCUT2D eigenvalue weighted by atomic mass is 79.9. The first-order chi connectivity index (χ1) is 6.34. The van der Waals surface area contributed by atoms with Crippen molar-refractivity contribution in [3.63, 3.8) is 0 Å². The van der Waals surface area contributed by atoms with E-state index in [1.54, 1.807) is 19.1 Å². The Labute approximate surface area is 98.4 Å². The Morgan fingerprint density at radius 2 is 1.79 bits per heavy atom. The monoisotopic (exact) mass is 322 g/mol. The van der Waals surface area contributed by atoms with Gasteiger partial charge in [-0.1, -0.05) is 0 Å². The van der Waals surface area contributed by atoms with E-state index < -0.39 is 11.6 Å². The van der Waals surface area contributed by atoms with E-state index in [2.05, 4.69) is 31.9 Å². The summed E-state index contributed by atoms with van der Waals surface area (Å²) in [5, 5.41) is 0. The number of ether oxygens (including phenoxy) is 1. The number of halogens is 2. The first-order valence-corrected chi connectivity index (χ1v) is 5.44. The molecule has 0 fully saturated rings. The smallest absolute Gasteiger partial charge is 0.303 e. The molecule has 1 rings (SSSR count). The summed E-state index contributed by atoms with van der Waals surface area (Å²) >= 11 is 6.22. The van der Waals surface area contributed by atoms with Gasteiger partial charge in [0.25, 0.3) is 0 Å². The van der Waals surface area contributed by atoms with Crippen molar-refractivity contribution in [3.05, 3.63) is 21.1 Å². The van der Waals surface area contributed by atoms with E-state index in [-0.39, 0.29) is 5.78 Å². The molecule has 3 nitrogen and oxygen atoms in total. The fourth-order valence-corrected chi connectivity index (χ4v) is 2.76. The molecule has 0 bridgehead atoms. The molecule has 0 aromatic heterocycles. The largest absolute Gasteiger partial charge is 0.451 e. The highest BCUT2D eigenvalue weighted by Crippen LogP contribution is 2.31. The molecule has 76 valence electrons. The number of esters is 1. The predicted octanol–water partition coefficient (Wildman–Crippen LogP) is 2.45. The molecular weight excluding hydrogens is 316 g/mol. The molecule has 0 saturated heterocycles. The van der Waals surface area contributed by atoms with Gasteiger partial charge < -0.3 is 4.74 Å². The van der Waals surface area contributed by atoms with E-state index >= 15 is 0 Å². The molecule has 14 heavy (non-hydrogen) atoms. The van der Waals surface area contributed by atoms with Crippen molar-refractivity contribution >= 4 is 43.6 Å². The van der Waals surface area contributed by atoms with Gasteiger partial charge in [0.05, 0.1) is 8.96 Å². The molecule has 0 aromatic rings. The van der Waals surface area contributed by atoms with Crippen LogP contribution >= 0.6 is 31.9 Å². The Bertz CT molecular complexity index is 333. The Morgan fingerprint density at radius 1 is 1.36 bits per heavy atom. The third-order valence-electron chi connectivity index (χ3n) is 1.62. The number of Topliss-reactive ketones (excluding diaryl/α,β-unsaturated/α-hetero) is 1. The topological polar surface area (TPSA) is 43.4 Å². The summed E-state index contributed by atoms with van der Waals surface area (Å²) in [5.41, 5.74) is -0.864. The van der Waals surface area contributed by atoms with Gasteiger partial charge in [0.1, 0.15) is 5.60 Å². The second-order valence-electron chi connectivity index (χ2n) is 3.09. The van der Waals surface area contributed by atoms with Crippen molar-refractivity contribution in [2.75, 3.05) is 0 Å². The standard InChI is InChI=1S/C9H8Br2O3/c1-5(12)14-9(2)3-6(10)8(13)7(11)4-9/h3-4H,1-2H3. The summed E-state index contributed by atoms with van der Waals surface area (Å²) in [7, 11) is 0. The van der Waals surface area contributed by atoms with Gasteiger partial charge in [0.2, 0.25) is 5.78 Å². The molecule has 0 aliphatic heterocycles. The van der Waals surface area contributed by atoms with Gasteiger partial charge in [-0.3, -0.25) is 9.59 Å². The minimum Gasteiger partial charge on any atom is -0.451 e. The molecule has 0 N–H and O–H groups in total. The number of rotatable bonds is 1.